The van der Waals surface area contributed by atoms with Gasteiger partial charge in [-0.15, -0.1) is 0 Å². The molecule has 1 aromatic carbocycles. The molecule has 1 aliphatic rings. The number of aromatic nitrogens is 4. The quantitative estimate of drug-likeness (QED) is 0.363. The van der Waals surface area contributed by atoms with Gasteiger partial charge in [0.1, 0.15) is 17.1 Å². The predicted octanol–water partition coefficient (Wildman–Crippen LogP) is 2.99. The lowest BCUT2D eigenvalue weighted by Crippen LogP contribution is -2.38. The minimum absolute atomic E-state index is 0.0465. The van der Waals surface area contributed by atoms with Crippen LogP contribution in [0.1, 0.15) is 34.8 Å². The molecule has 38 heavy (non-hydrogen) atoms. The summed E-state index contributed by atoms with van der Waals surface area (Å²) in [6.07, 6.45) is 7.91. The molecule has 3 aromatic rings. The Labute approximate surface area is 221 Å². The molecule has 200 valence electrons. The van der Waals surface area contributed by atoms with Crippen LogP contribution in [-0.4, -0.2) is 70.8 Å². The van der Waals surface area contributed by atoms with Crippen molar-refractivity contribution >= 4 is 40.6 Å². The average molecular weight is 520 g/mol. The van der Waals surface area contributed by atoms with Gasteiger partial charge in [0.05, 0.1) is 36.4 Å². The van der Waals surface area contributed by atoms with Gasteiger partial charge in [-0.2, -0.15) is 10.1 Å². The topological polar surface area (TPSA) is 144 Å². The van der Waals surface area contributed by atoms with Gasteiger partial charge in [0, 0.05) is 45.6 Å². The maximum atomic E-state index is 12.2. The van der Waals surface area contributed by atoms with Crippen LogP contribution < -0.4 is 26.0 Å². The highest BCUT2D eigenvalue weighted by atomic mass is 16.5. The van der Waals surface area contributed by atoms with Crippen molar-refractivity contribution in [1.29, 1.82) is 0 Å². The van der Waals surface area contributed by atoms with E-state index in [0.29, 0.717) is 24.5 Å². The molecule has 2 amide bonds. The number of amides is 2. The van der Waals surface area contributed by atoms with Crippen molar-refractivity contribution in [2.75, 3.05) is 49.8 Å². The molecule has 1 saturated heterocycles. The number of carbonyl (C=O) groups is 2. The molecule has 1 aliphatic heterocycles. The molecule has 12 heteroatoms. The van der Waals surface area contributed by atoms with Gasteiger partial charge in [-0.3, -0.25) is 14.3 Å². The molecule has 0 saturated carbocycles. The van der Waals surface area contributed by atoms with Crippen molar-refractivity contribution in [1.82, 2.24) is 24.6 Å². The number of carbonyl (C=O) groups excluding carboxylic acids is 2. The standard InChI is InChI=1S/C26H33N9O3/c1-6-22(36)34-9-7-18(8-10-34)35-15-17(13-29-35)30-26-28-14-20(24(27)37)25(32-26)31-23-16(2)11-19(38-5)12-21(23)33(3)4/h6,11-15,18H,1,7-10H2,2-5H3,(H2,27,37)(H2,28,30,31,32). The van der Waals surface area contributed by atoms with Crippen molar-refractivity contribution < 1.29 is 14.3 Å². The largest absolute Gasteiger partial charge is 0.497 e. The Morgan fingerprint density at radius 1 is 1.21 bits per heavy atom. The summed E-state index contributed by atoms with van der Waals surface area (Å²) in [6, 6.07) is 3.97. The number of likely N-dealkylation sites (tertiary alicyclic amines) is 1. The SMILES string of the molecule is C=CC(=O)N1CCC(n2cc(Nc3ncc(C(N)=O)c(Nc4c(C)cc(OC)cc4N(C)C)n3)cn2)CC1. The van der Waals surface area contributed by atoms with Gasteiger partial charge in [-0.05, 0) is 37.5 Å². The number of methoxy groups -OCH3 is 1. The third-order valence-corrected chi connectivity index (χ3v) is 6.49. The highest BCUT2D eigenvalue weighted by molar-refractivity contribution is 5.99. The van der Waals surface area contributed by atoms with E-state index >= 15 is 0 Å². The number of anilines is 5. The first kappa shape index (κ1) is 26.5. The first-order valence-corrected chi connectivity index (χ1v) is 12.2. The van der Waals surface area contributed by atoms with E-state index in [1.807, 2.05) is 48.9 Å². The minimum Gasteiger partial charge on any atom is -0.497 e. The molecular weight excluding hydrogens is 486 g/mol. The number of benzene rings is 1. The number of nitrogens with two attached hydrogens (primary N) is 1. The molecule has 1 fully saturated rings. The van der Waals surface area contributed by atoms with Gasteiger partial charge in [0.2, 0.25) is 11.9 Å². The van der Waals surface area contributed by atoms with E-state index in [0.717, 1.165) is 29.8 Å². The number of primary amides is 1. The zero-order valence-corrected chi connectivity index (χ0v) is 22.1. The summed E-state index contributed by atoms with van der Waals surface area (Å²) in [6.45, 7) is 6.81. The van der Waals surface area contributed by atoms with E-state index in [1.54, 1.807) is 18.2 Å². The fraction of sp³-hybridized carbons (Fsp3) is 0.346. The van der Waals surface area contributed by atoms with Gasteiger partial charge in [0.15, 0.2) is 0 Å². The molecule has 0 bridgehead atoms. The van der Waals surface area contributed by atoms with E-state index in [1.165, 1.54) is 12.3 Å². The average Bonchev–Trinajstić information content (AvgIpc) is 3.37. The highest BCUT2D eigenvalue weighted by Gasteiger charge is 2.23. The van der Waals surface area contributed by atoms with E-state index < -0.39 is 5.91 Å². The van der Waals surface area contributed by atoms with Crippen LogP contribution in [0.4, 0.5) is 28.8 Å². The summed E-state index contributed by atoms with van der Waals surface area (Å²) in [5, 5.41) is 10.9. The number of hydrogen-bond donors (Lipinski definition) is 3. The van der Waals surface area contributed by atoms with Crippen LogP contribution in [0.3, 0.4) is 0 Å². The van der Waals surface area contributed by atoms with E-state index in [4.69, 9.17) is 10.5 Å². The Hall–Kier alpha value is -4.61. The molecular formula is C26H33N9O3. The summed E-state index contributed by atoms with van der Waals surface area (Å²) in [4.78, 5) is 36.6. The first-order chi connectivity index (χ1) is 18.2. The normalized spacial score (nSPS) is 13.6. The van der Waals surface area contributed by atoms with Gasteiger partial charge in [0.25, 0.3) is 5.91 Å². The lowest BCUT2D eigenvalue weighted by atomic mass is 10.1. The van der Waals surface area contributed by atoms with Gasteiger partial charge in [-0.25, -0.2) is 4.98 Å². The van der Waals surface area contributed by atoms with Gasteiger partial charge >= 0.3 is 0 Å². The van der Waals surface area contributed by atoms with Crippen molar-refractivity contribution in [2.45, 2.75) is 25.8 Å². The Balaban J connectivity index is 1.55. The zero-order chi connectivity index (χ0) is 27.4. The molecule has 0 spiro atoms. The smallest absolute Gasteiger partial charge is 0.254 e. The summed E-state index contributed by atoms with van der Waals surface area (Å²) < 4.78 is 7.30. The lowest BCUT2D eigenvalue weighted by Gasteiger charge is -2.31. The number of hydrogen-bond acceptors (Lipinski definition) is 9. The van der Waals surface area contributed by atoms with E-state index in [9.17, 15) is 9.59 Å². The second-order valence-electron chi connectivity index (χ2n) is 9.27. The molecule has 12 nitrogen and oxygen atoms in total. The third kappa shape index (κ3) is 5.69. The van der Waals surface area contributed by atoms with Crippen molar-refractivity contribution in [2.24, 2.45) is 5.73 Å². The van der Waals surface area contributed by atoms with Crippen molar-refractivity contribution in [3.8, 4) is 5.75 Å². The van der Waals surface area contributed by atoms with Crippen LogP contribution in [0.25, 0.3) is 0 Å². The second-order valence-corrected chi connectivity index (χ2v) is 9.27. The lowest BCUT2D eigenvalue weighted by molar-refractivity contribution is -0.127. The Bertz CT molecular complexity index is 1340. The van der Waals surface area contributed by atoms with Crippen LogP contribution in [0.2, 0.25) is 0 Å². The Morgan fingerprint density at radius 2 is 1.95 bits per heavy atom. The Morgan fingerprint density at radius 3 is 2.58 bits per heavy atom. The zero-order valence-electron chi connectivity index (χ0n) is 22.1. The van der Waals surface area contributed by atoms with Crippen molar-refractivity contribution in [3.05, 3.63) is 54.5 Å². The molecule has 0 atom stereocenters. The molecule has 4 rings (SSSR count). The van der Waals surface area contributed by atoms with Crippen LogP contribution in [-0.2, 0) is 4.79 Å². The Kier molecular flexibility index (Phi) is 7.79. The fourth-order valence-electron chi connectivity index (χ4n) is 4.42. The maximum absolute atomic E-state index is 12.2. The predicted molar refractivity (Wildman–Crippen MR) is 146 cm³/mol. The molecule has 0 unspecified atom stereocenters. The summed E-state index contributed by atoms with van der Waals surface area (Å²) in [5.41, 5.74) is 9.00. The van der Waals surface area contributed by atoms with Crippen LogP contribution >= 0.6 is 0 Å². The van der Waals surface area contributed by atoms with E-state index in [2.05, 4.69) is 32.3 Å². The van der Waals surface area contributed by atoms with Gasteiger partial charge in [-0.1, -0.05) is 6.58 Å². The van der Waals surface area contributed by atoms with Crippen LogP contribution in [0.5, 0.6) is 5.75 Å². The second kappa shape index (κ2) is 11.2. The maximum Gasteiger partial charge on any atom is 0.254 e. The molecule has 2 aromatic heterocycles. The van der Waals surface area contributed by atoms with Crippen molar-refractivity contribution in [3.63, 3.8) is 0 Å². The number of nitrogens with one attached hydrogen (secondary N) is 2. The summed E-state index contributed by atoms with van der Waals surface area (Å²) >= 11 is 0. The number of ether oxygens (including phenoxy) is 1. The van der Waals surface area contributed by atoms with Crippen LogP contribution in [0.15, 0.2) is 43.4 Å². The number of rotatable bonds is 9. The molecule has 0 radical (unpaired) electrons. The summed E-state index contributed by atoms with van der Waals surface area (Å²) in [5.74, 6) is 0.575. The molecule has 4 N–H and O–H groups in total. The molecule has 3 heterocycles. The first-order valence-electron chi connectivity index (χ1n) is 12.2. The number of aryl methyl sites for hydroxylation is 1. The monoisotopic (exact) mass is 519 g/mol. The summed E-state index contributed by atoms with van der Waals surface area (Å²) in [7, 11) is 5.45. The van der Waals surface area contributed by atoms with E-state index in [-0.39, 0.29) is 29.3 Å². The third-order valence-electron chi connectivity index (χ3n) is 6.49. The van der Waals surface area contributed by atoms with Crippen LogP contribution in [0, 0.1) is 6.92 Å². The number of nitrogens with zero attached hydrogens (tertiary/aromatic N) is 6. The van der Waals surface area contributed by atoms with Gasteiger partial charge < -0.3 is 30.9 Å². The molecule has 0 aliphatic carbocycles. The minimum atomic E-state index is -0.647. The highest BCUT2D eigenvalue weighted by Crippen LogP contribution is 2.35. The fourth-order valence-corrected chi connectivity index (χ4v) is 4.42. The number of piperidine rings is 1.